The summed E-state index contributed by atoms with van der Waals surface area (Å²) in [5, 5.41) is 4.09. The monoisotopic (exact) mass is 393 g/mol. The van der Waals surface area contributed by atoms with Crippen LogP contribution >= 0.6 is 11.6 Å². The van der Waals surface area contributed by atoms with Crippen molar-refractivity contribution in [2.75, 3.05) is 17.3 Å². The minimum atomic E-state index is -0.410. The predicted octanol–water partition coefficient (Wildman–Crippen LogP) is 5.13. The molecule has 1 N–H and O–H groups in total. The van der Waals surface area contributed by atoms with Gasteiger partial charge in [0.2, 0.25) is 0 Å². The summed E-state index contributed by atoms with van der Waals surface area (Å²) < 4.78 is 5.50. The average molecular weight is 394 g/mol. The van der Waals surface area contributed by atoms with Gasteiger partial charge in [0.1, 0.15) is 17.7 Å². The van der Waals surface area contributed by atoms with Crippen LogP contribution in [0.1, 0.15) is 33.2 Å². The number of ether oxygens (including phenoxy) is 1. The third-order valence-corrected chi connectivity index (χ3v) is 5.29. The number of aryl methyl sites for hydroxylation is 2. The Morgan fingerprint density at radius 3 is 2.68 bits per heavy atom. The van der Waals surface area contributed by atoms with Crippen molar-refractivity contribution in [3.8, 4) is 5.75 Å². The van der Waals surface area contributed by atoms with Gasteiger partial charge in [0.25, 0.3) is 5.91 Å². The average Bonchev–Trinajstić information content (AvgIpc) is 2.97. The molecule has 5 nitrogen and oxygen atoms in total. The van der Waals surface area contributed by atoms with Gasteiger partial charge in [-0.05, 0) is 49.2 Å². The molecule has 0 saturated carbocycles. The van der Waals surface area contributed by atoms with E-state index in [-0.39, 0.29) is 5.91 Å². The van der Waals surface area contributed by atoms with Crippen molar-refractivity contribution in [1.29, 1.82) is 0 Å². The number of methoxy groups -OCH3 is 1. The van der Waals surface area contributed by atoms with Crippen LogP contribution in [0.3, 0.4) is 0 Å². The molecule has 0 spiro atoms. The van der Waals surface area contributed by atoms with Crippen LogP contribution in [-0.4, -0.2) is 18.0 Å². The Kier molecular flexibility index (Phi) is 4.69. The highest BCUT2D eigenvalue weighted by atomic mass is 35.5. The zero-order valence-corrected chi connectivity index (χ0v) is 16.6. The summed E-state index contributed by atoms with van der Waals surface area (Å²) in [6, 6.07) is 15.1. The Hall–Kier alpha value is -3.05. The molecule has 142 valence electrons. The number of hydrogen-bond donors (Lipinski definition) is 1. The Labute approximate surface area is 168 Å². The van der Waals surface area contributed by atoms with E-state index in [0.29, 0.717) is 22.2 Å². The van der Waals surface area contributed by atoms with Gasteiger partial charge in [-0.3, -0.25) is 9.69 Å². The van der Waals surface area contributed by atoms with E-state index in [4.69, 9.17) is 16.3 Å². The normalized spacial score (nSPS) is 15.5. The van der Waals surface area contributed by atoms with Gasteiger partial charge in [0, 0.05) is 28.4 Å². The molecule has 0 fully saturated rings. The van der Waals surface area contributed by atoms with Crippen LogP contribution in [0.5, 0.6) is 5.75 Å². The zero-order valence-electron chi connectivity index (χ0n) is 15.9. The quantitative estimate of drug-likeness (QED) is 0.667. The number of halogens is 1. The molecule has 1 atom stereocenters. The molecule has 28 heavy (non-hydrogen) atoms. The number of aromatic nitrogens is 1. The number of pyridine rings is 1. The van der Waals surface area contributed by atoms with E-state index in [9.17, 15) is 4.79 Å². The summed E-state index contributed by atoms with van der Waals surface area (Å²) in [5.74, 6) is 1.13. The summed E-state index contributed by atoms with van der Waals surface area (Å²) in [6.45, 7) is 3.91. The number of benzene rings is 2. The first-order chi connectivity index (χ1) is 13.5. The largest absolute Gasteiger partial charge is 0.495 e. The second-order valence-corrected chi connectivity index (χ2v) is 7.21. The molecule has 0 radical (unpaired) electrons. The SMILES string of the molecule is COc1cc(Cl)c(C)cc1N[C@H]1c2ccccc2C(=O)N1c1cc(C)ccn1. The van der Waals surface area contributed by atoms with Crippen LogP contribution in [0, 0.1) is 13.8 Å². The van der Waals surface area contributed by atoms with E-state index in [2.05, 4.69) is 10.3 Å². The van der Waals surface area contributed by atoms with Gasteiger partial charge in [-0.2, -0.15) is 0 Å². The summed E-state index contributed by atoms with van der Waals surface area (Å²) in [4.78, 5) is 19.3. The Morgan fingerprint density at radius 1 is 1.14 bits per heavy atom. The van der Waals surface area contributed by atoms with E-state index >= 15 is 0 Å². The topological polar surface area (TPSA) is 54.5 Å². The Bertz CT molecular complexity index is 1070. The van der Waals surface area contributed by atoms with Gasteiger partial charge in [-0.1, -0.05) is 29.8 Å². The van der Waals surface area contributed by atoms with Gasteiger partial charge in [0.15, 0.2) is 0 Å². The molecule has 6 heteroatoms. The van der Waals surface area contributed by atoms with E-state index in [1.54, 1.807) is 24.3 Å². The van der Waals surface area contributed by atoms with Crippen molar-refractivity contribution in [2.45, 2.75) is 20.0 Å². The number of fused-ring (bicyclic) bond motifs is 1. The van der Waals surface area contributed by atoms with Gasteiger partial charge in [-0.25, -0.2) is 4.98 Å². The first-order valence-electron chi connectivity index (χ1n) is 8.95. The maximum Gasteiger partial charge on any atom is 0.261 e. The zero-order chi connectivity index (χ0) is 19.8. The van der Waals surface area contributed by atoms with E-state index in [1.807, 2.05) is 56.3 Å². The molecule has 0 saturated heterocycles. The number of amides is 1. The lowest BCUT2D eigenvalue weighted by atomic mass is 10.1. The number of nitrogens with one attached hydrogen (secondary N) is 1. The lowest BCUT2D eigenvalue weighted by molar-refractivity contribution is 0.0992. The lowest BCUT2D eigenvalue weighted by Gasteiger charge is -2.27. The smallest absolute Gasteiger partial charge is 0.261 e. The van der Waals surface area contributed by atoms with Gasteiger partial charge in [-0.15, -0.1) is 0 Å². The van der Waals surface area contributed by atoms with Crippen molar-refractivity contribution in [2.24, 2.45) is 0 Å². The number of hydrogen-bond acceptors (Lipinski definition) is 4. The lowest BCUT2D eigenvalue weighted by Crippen LogP contribution is -2.33. The Balaban J connectivity index is 1.82. The summed E-state index contributed by atoms with van der Waals surface area (Å²) in [6.07, 6.45) is 1.30. The fraction of sp³-hybridized carbons (Fsp3) is 0.182. The molecule has 3 aromatic rings. The summed E-state index contributed by atoms with van der Waals surface area (Å²) in [5.41, 5.74) is 4.27. The van der Waals surface area contributed by atoms with Crippen molar-refractivity contribution in [3.63, 3.8) is 0 Å². The molecule has 1 amide bonds. The van der Waals surface area contributed by atoms with Crippen molar-refractivity contribution in [3.05, 3.63) is 82.0 Å². The van der Waals surface area contributed by atoms with Crippen LogP contribution in [0.25, 0.3) is 0 Å². The highest BCUT2D eigenvalue weighted by Gasteiger charge is 2.38. The molecule has 0 unspecified atom stereocenters. The third kappa shape index (κ3) is 3.08. The highest BCUT2D eigenvalue weighted by Crippen LogP contribution is 2.40. The number of carbonyl (C=O) groups excluding carboxylic acids is 1. The molecule has 1 aliphatic heterocycles. The van der Waals surface area contributed by atoms with E-state index in [1.165, 1.54) is 0 Å². The minimum absolute atomic E-state index is 0.0872. The molecule has 2 heterocycles. The van der Waals surface area contributed by atoms with Crippen LogP contribution in [0.2, 0.25) is 5.02 Å². The fourth-order valence-corrected chi connectivity index (χ4v) is 3.59. The van der Waals surface area contributed by atoms with Gasteiger partial charge >= 0.3 is 0 Å². The summed E-state index contributed by atoms with van der Waals surface area (Å²) in [7, 11) is 1.60. The maximum atomic E-state index is 13.2. The molecule has 1 aromatic heterocycles. The fourth-order valence-electron chi connectivity index (χ4n) is 3.44. The molecule has 0 bridgehead atoms. The standard InChI is InChI=1S/C22H20ClN3O2/c1-13-8-9-24-20(10-13)26-21(15-6-4-5-7-16(15)22(26)27)25-18-11-14(2)17(23)12-19(18)28-3/h4-12,21,25H,1-3H3/t21-/m1/s1. The van der Waals surface area contributed by atoms with Crippen LogP contribution in [-0.2, 0) is 0 Å². The second kappa shape index (κ2) is 7.17. The van der Waals surface area contributed by atoms with Crippen molar-refractivity contribution in [1.82, 2.24) is 4.98 Å². The predicted molar refractivity (Wildman–Crippen MR) is 111 cm³/mol. The van der Waals surface area contributed by atoms with Crippen LogP contribution in [0.4, 0.5) is 11.5 Å². The van der Waals surface area contributed by atoms with E-state index < -0.39 is 6.17 Å². The number of nitrogens with zero attached hydrogens (tertiary/aromatic N) is 2. The number of rotatable bonds is 4. The molecule has 4 rings (SSSR count). The van der Waals surface area contributed by atoms with Crippen LogP contribution in [0.15, 0.2) is 54.7 Å². The molecule has 1 aliphatic rings. The van der Waals surface area contributed by atoms with Gasteiger partial charge in [0.05, 0.1) is 12.8 Å². The van der Waals surface area contributed by atoms with Gasteiger partial charge < -0.3 is 10.1 Å². The minimum Gasteiger partial charge on any atom is -0.495 e. The van der Waals surface area contributed by atoms with Crippen LogP contribution < -0.4 is 15.0 Å². The van der Waals surface area contributed by atoms with E-state index in [0.717, 1.165) is 22.4 Å². The Morgan fingerprint density at radius 2 is 1.93 bits per heavy atom. The first kappa shape index (κ1) is 18.3. The van der Waals surface area contributed by atoms with Crippen molar-refractivity contribution >= 4 is 29.0 Å². The maximum absolute atomic E-state index is 13.2. The first-order valence-corrected chi connectivity index (χ1v) is 9.33. The third-order valence-electron chi connectivity index (χ3n) is 4.88. The molecular weight excluding hydrogens is 374 g/mol. The molecular formula is C22H20ClN3O2. The van der Waals surface area contributed by atoms with Crippen molar-refractivity contribution < 1.29 is 9.53 Å². The second-order valence-electron chi connectivity index (χ2n) is 6.80. The summed E-state index contributed by atoms with van der Waals surface area (Å²) >= 11 is 6.25. The molecule has 0 aliphatic carbocycles. The number of anilines is 2. The number of carbonyl (C=O) groups is 1. The molecule has 2 aromatic carbocycles. The highest BCUT2D eigenvalue weighted by molar-refractivity contribution is 6.31.